The van der Waals surface area contributed by atoms with E-state index in [0.717, 1.165) is 11.3 Å². The maximum atomic E-state index is 12.9. The minimum Gasteiger partial charge on any atom is -0.323 e. The van der Waals surface area contributed by atoms with Crippen LogP contribution in [0.1, 0.15) is 15.9 Å². The molecule has 0 fully saturated rings. The van der Waals surface area contributed by atoms with E-state index >= 15 is 0 Å². The third-order valence-corrected chi connectivity index (χ3v) is 3.63. The molecular weight excluding hydrogens is 278 g/mol. The summed E-state index contributed by atoms with van der Waals surface area (Å²) < 4.78 is 0. The Labute approximate surface area is 128 Å². The van der Waals surface area contributed by atoms with Gasteiger partial charge in [-0.1, -0.05) is 30.3 Å². The van der Waals surface area contributed by atoms with Crippen LogP contribution in [0.3, 0.4) is 0 Å². The monoisotopic (exact) mass is 295 g/mol. The quantitative estimate of drug-likeness (QED) is 0.910. The topological polar surface area (TPSA) is 61.4 Å². The van der Waals surface area contributed by atoms with Gasteiger partial charge < -0.3 is 10.6 Å². The lowest BCUT2D eigenvalue weighted by Gasteiger charge is -2.29. The van der Waals surface area contributed by atoms with E-state index in [-0.39, 0.29) is 18.4 Å². The molecule has 2 N–H and O–H groups in total. The number of amides is 2. The molecule has 0 bridgehead atoms. The van der Waals surface area contributed by atoms with Crippen molar-refractivity contribution in [2.45, 2.75) is 6.54 Å². The first-order chi connectivity index (χ1) is 10.7. The number of hydrogen-bond donors (Lipinski definition) is 2. The van der Waals surface area contributed by atoms with E-state index in [9.17, 15) is 9.59 Å². The number of nitrogens with one attached hydrogen (secondary N) is 2. The summed E-state index contributed by atoms with van der Waals surface area (Å²) in [5, 5.41) is 5.85. The predicted molar refractivity (Wildman–Crippen MR) is 86.0 cm³/mol. The highest BCUT2D eigenvalue weighted by atomic mass is 16.2. The molecule has 0 aliphatic carbocycles. The molecule has 0 atom stereocenters. The van der Waals surface area contributed by atoms with Gasteiger partial charge in [0.1, 0.15) is 6.54 Å². The first kappa shape index (κ1) is 14.3. The van der Waals surface area contributed by atoms with Crippen LogP contribution in [0, 0.1) is 0 Å². The number of benzene rings is 2. The highest BCUT2D eigenvalue weighted by Gasteiger charge is 2.28. The molecule has 2 aromatic carbocycles. The predicted octanol–water partition coefficient (Wildman–Crippen LogP) is 2.00. The van der Waals surface area contributed by atoms with Crippen molar-refractivity contribution >= 4 is 23.2 Å². The molecule has 1 aliphatic heterocycles. The molecule has 2 amide bonds. The van der Waals surface area contributed by atoms with E-state index in [0.29, 0.717) is 17.8 Å². The van der Waals surface area contributed by atoms with Crippen LogP contribution < -0.4 is 15.5 Å². The summed E-state index contributed by atoms with van der Waals surface area (Å²) in [6.45, 7) is 0.632. The first-order valence-corrected chi connectivity index (χ1v) is 7.14. The number of fused-ring (bicyclic) bond motifs is 1. The molecule has 1 aliphatic rings. The van der Waals surface area contributed by atoms with Gasteiger partial charge in [0.15, 0.2) is 0 Å². The standard InChI is InChI=1S/C17H17N3O2/c1-18-10-12-6-2-3-7-13(12)17(22)20-11-16(21)19-14-8-4-5-9-15(14)20/h2-9,18H,10-11H2,1H3,(H,19,21). The zero-order valence-electron chi connectivity index (χ0n) is 12.3. The molecule has 0 unspecified atom stereocenters. The molecule has 2 aromatic rings. The molecule has 0 saturated carbocycles. The third-order valence-electron chi connectivity index (χ3n) is 3.63. The van der Waals surface area contributed by atoms with Crippen LogP contribution in [0.2, 0.25) is 0 Å². The van der Waals surface area contributed by atoms with Crippen LogP contribution in [0.5, 0.6) is 0 Å². The number of nitrogens with zero attached hydrogens (tertiary/aromatic N) is 1. The number of hydrogen-bond acceptors (Lipinski definition) is 3. The van der Waals surface area contributed by atoms with Crippen molar-refractivity contribution in [3.8, 4) is 0 Å². The van der Waals surface area contributed by atoms with E-state index in [2.05, 4.69) is 10.6 Å². The molecule has 0 radical (unpaired) electrons. The molecule has 0 spiro atoms. The Morgan fingerprint density at radius 3 is 2.73 bits per heavy atom. The summed E-state index contributed by atoms with van der Waals surface area (Å²) in [4.78, 5) is 26.3. The van der Waals surface area contributed by atoms with Gasteiger partial charge in [0.2, 0.25) is 5.91 Å². The van der Waals surface area contributed by atoms with E-state index in [1.807, 2.05) is 43.4 Å². The van der Waals surface area contributed by atoms with Crippen LogP contribution in [0.25, 0.3) is 0 Å². The minimum atomic E-state index is -0.182. The zero-order chi connectivity index (χ0) is 15.5. The van der Waals surface area contributed by atoms with Crippen LogP contribution in [0.15, 0.2) is 48.5 Å². The Balaban J connectivity index is 2.01. The molecule has 3 rings (SSSR count). The molecule has 112 valence electrons. The summed E-state index contributed by atoms with van der Waals surface area (Å²) in [6.07, 6.45) is 0. The summed E-state index contributed by atoms with van der Waals surface area (Å²) in [5.74, 6) is -0.341. The lowest BCUT2D eigenvalue weighted by Crippen LogP contribution is -2.42. The second-order valence-electron chi connectivity index (χ2n) is 5.14. The molecule has 5 heteroatoms. The highest BCUT2D eigenvalue weighted by molar-refractivity contribution is 6.15. The third kappa shape index (κ3) is 2.58. The van der Waals surface area contributed by atoms with E-state index in [4.69, 9.17) is 0 Å². The van der Waals surface area contributed by atoms with Gasteiger partial charge in [0.25, 0.3) is 5.91 Å². The van der Waals surface area contributed by atoms with Crippen LogP contribution in [0.4, 0.5) is 11.4 Å². The summed E-state index contributed by atoms with van der Waals surface area (Å²) in [5.41, 5.74) is 2.92. The molecule has 0 saturated heterocycles. The van der Waals surface area contributed by atoms with Crippen LogP contribution in [-0.2, 0) is 11.3 Å². The van der Waals surface area contributed by atoms with Crippen molar-refractivity contribution in [1.29, 1.82) is 0 Å². The average molecular weight is 295 g/mol. The molecular formula is C17H17N3O2. The number of rotatable bonds is 3. The normalized spacial score (nSPS) is 13.5. The lowest BCUT2D eigenvalue weighted by molar-refractivity contribution is -0.115. The lowest BCUT2D eigenvalue weighted by atomic mass is 10.0. The average Bonchev–Trinajstić information content (AvgIpc) is 2.54. The Bertz CT molecular complexity index is 727. The van der Waals surface area contributed by atoms with Crippen molar-refractivity contribution in [3.05, 3.63) is 59.7 Å². The Hall–Kier alpha value is -2.66. The summed E-state index contributed by atoms with van der Waals surface area (Å²) in [7, 11) is 1.84. The fourth-order valence-corrected chi connectivity index (χ4v) is 2.63. The number of para-hydroxylation sites is 2. The first-order valence-electron chi connectivity index (χ1n) is 7.14. The van der Waals surface area contributed by atoms with Crippen molar-refractivity contribution in [1.82, 2.24) is 5.32 Å². The number of anilines is 2. The van der Waals surface area contributed by atoms with Gasteiger partial charge in [-0.25, -0.2) is 0 Å². The van der Waals surface area contributed by atoms with Crippen LogP contribution in [-0.4, -0.2) is 25.4 Å². The second kappa shape index (κ2) is 5.99. The van der Waals surface area contributed by atoms with Gasteiger partial charge in [-0.3, -0.25) is 14.5 Å². The van der Waals surface area contributed by atoms with Gasteiger partial charge in [-0.2, -0.15) is 0 Å². The van der Waals surface area contributed by atoms with E-state index in [1.165, 1.54) is 4.90 Å². The minimum absolute atomic E-state index is 0.0315. The maximum absolute atomic E-state index is 12.9. The number of carbonyl (C=O) groups excluding carboxylic acids is 2. The number of carbonyl (C=O) groups is 2. The highest BCUT2D eigenvalue weighted by Crippen LogP contribution is 2.30. The second-order valence-corrected chi connectivity index (χ2v) is 5.14. The molecule has 0 aromatic heterocycles. The maximum Gasteiger partial charge on any atom is 0.259 e. The van der Waals surface area contributed by atoms with Gasteiger partial charge >= 0.3 is 0 Å². The Morgan fingerprint density at radius 2 is 1.91 bits per heavy atom. The smallest absolute Gasteiger partial charge is 0.259 e. The molecule has 5 nitrogen and oxygen atoms in total. The SMILES string of the molecule is CNCc1ccccc1C(=O)N1CC(=O)Nc2ccccc21. The van der Waals surface area contributed by atoms with Gasteiger partial charge in [0.05, 0.1) is 11.4 Å². The van der Waals surface area contributed by atoms with Crippen molar-refractivity contribution < 1.29 is 9.59 Å². The fourth-order valence-electron chi connectivity index (χ4n) is 2.63. The van der Waals surface area contributed by atoms with Gasteiger partial charge in [-0.05, 0) is 30.8 Å². The van der Waals surface area contributed by atoms with Gasteiger partial charge in [0, 0.05) is 12.1 Å². The van der Waals surface area contributed by atoms with Crippen molar-refractivity contribution in [2.75, 3.05) is 23.8 Å². The summed E-state index contributed by atoms with van der Waals surface area (Å²) in [6, 6.07) is 14.8. The Kier molecular flexibility index (Phi) is 3.89. The van der Waals surface area contributed by atoms with Gasteiger partial charge in [-0.15, -0.1) is 0 Å². The van der Waals surface area contributed by atoms with Crippen molar-refractivity contribution in [3.63, 3.8) is 0 Å². The largest absolute Gasteiger partial charge is 0.323 e. The fraction of sp³-hybridized carbons (Fsp3) is 0.176. The Morgan fingerprint density at radius 1 is 1.18 bits per heavy atom. The molecule has 22 heavy (non-hydrogen) atoms. The van der Waals surface area contributed by atoms with Crippen molar-refractivity contribution in [2.24, 2.45) is 0 Å². The summed E-state index contributed by atoms with van der Waals surface area (Å²) >= 11 is 0. The van der Waals surface area contributed by atoms with Crippen LogP contribution >= 0.6 is 0 Å². The van der Waals surface area contributed by atoms with E-state index < -0.39 is 0 Å². The zero-order valence-corrected chi connectivity index (χ0v) is 12.3. The van der Waals surface area contributed by atoms with E-state index in [1.54, 1.807) is 12.1 Å². The molecule has 1 heterocycles.